The molecule has 1 amide bonds. The summed E-state index contributed by atoms with van der Waals surface area (Å²) in [5.41, 5.74) is 1.16. The van der Waals surface area contributed by atoms with Crippen molar-refractivity contribution in [3.8, 4) is 0 Å². The first-order valence-electron chi connectivity index (χ1n) is 7.00. The topological polar surface area (TPSA) is 64.6 Å². The zero-order chi connectivity index (χ0) is 17.5. The highest BCUT2D eigenvalue weighted by Gasteiger charge is 2.28. The van der Waals surface area contributed by atoms with E-state index in [0.29, 0.717) is 15.7 Å². The number of rotatable bonds is 6. The van der Waals surface area contributed by atoms with Gasteiger partial charge in [0.1, 0.15) is 6.61 Å². The Morgan fingerprint density at radius 2 is 1.71 bits per heavy atom. The van der Waals surface area contributed by atoms with E-state index in [0.717, 1.165) is 5.56 Å². The molecular formula is C17H15Cl2NO4. The van der Waals surface area contributed by atoms with E-state index in [9.17, 15) is 9.59 Å². The normalized spacial score (nSPS) is 11.6. The number of esters is 1. The van der Waals surface area contributed by atoms with Crippen molar-refractivity contribution in [1.82, 2.24) is 0 Å². The van der Waals surface area contributed by atoms with Gasteiger partial charge >= 0.3 is 5.97 Å². The summed E-state index contributed by atoms with van der Waals surface area (Å²) in [6.45, 7) is 0.0514. The van der Waals surface area contributed by atoms with E-state index in [2.05, 4.69) is 5.32 Å². The first kappa shape index (κ1) is 18.3. The van der Waals surface area contributed by atoms with Gasteiger partial charge in [0.2, 0.25) is 6.10 Å². The Morgan fingerprint density at radius 3 is 2.29 bits per heavy atom. The smallest absolute Gasteiger partial charge is 0.345 e. The number of ether oxygens (including phenoxy) is 2. The van der Waals surface area contributed by atoms with Gasteiger partial charge in [-0.05, 0) is 23.8 Å². The molecule has 1 unspecified atom stereocenters. The molecule has 0 fully saturated rings. The third-order valence-corrected chi connectivity index (χ3v) is 3.48. The highest BCUT2D eigenvalue weighted by molar-refractivity contribution is 6.35. The lowest BCUT2D eigenvalue weighted by Crippen LogP contribution is -2.37. The summed E-state index contributed by atoms with van der Waals surface area (Å²) < 4.78 is 10.1. The van der Waals surface area contributed by atoms with Crippen LogP contribution in [0.3, 0.4) is 0 Å². The summed E-state index contributed by atoms with van der Waals surface area (Å²) in [6, 6.07) is 13.7. The number of carbonyl (C=O) groups excluding carboxylic acids is 2. The fourth-order valence-electron chi connectivity index (χ4n) is 1.95. The van der Waals surface area contributed by atoms with Gasteiger partial charge in [-0.1, -0.05) is 53.5 Å². The standard InChI is InChI=1S/C17H15Cl2NO4/c1-23-15(17(22)24-10-11-5-3-2-4-6-11)16(21)20-14-8-12(18)7-13(19)9-14/h2-9,15H,10H2,1H3,(H,20,21). The lowest BCUT2D eigenvalue weighted by Gasteiger charge is -2.15. The van der Waals surface area contributed by atoms with Crippen LogP contribution < -0.4 is 5.32 Å². The number of halogens is 2. The van der Waals surface area contributed by atoms with Crippen molar-refractivity contribution in [2.45, 2.75) is 12.7 Å². The lowest BCUT2D eigenvalue weighted by atomic mass is 10.2. The quantitative estimate of drug-likeness (QED) is 0.624. The molecule has 2 aromatic carbocycles. The fraction of sp³-hybridized carbons (Fsp3) is 0.176. The second-order valence-electron chi connectivity index (χ2n) is 4.86. The van der Waals surface area contributed by atoms with Crippen molar-refractivity contribution in [2.75, 3.05) is 12.4 Å². The highest BCUT2D eigenvalue weighted by Crippen LogP contribution is 2.22. The zero-order valence-electron chi connectivity index (χ0n) is 12.8. The number of carbonyl (C=O) groups is 2. The van der Waals surface area contributed by atoms with Crippen LogP contribution in [0.25, 0.3) is 0 Å². The van der Waals surface area contributed by atoms with Crippen LogP contribution in [0, 0.1) is 0 Å². The summed E-state index contributed by atoms with van der Waals surface area (Å²) in [7, 11) is 1.25. The second kappa shape index (κ2) is 8.68. The number of amides is 1. The summed E-state index contributed by atoms with van der Waals surface area (Å²) in [4.78, 5) is 24.2. The zero-order valence-corrected chi connectivity index (χ0v) is 14.3. The molecule has 1 N–H and O–H groups in total. The van der Waals surface area contributed by atoms with Crippen molar-refractivity contribution in [1.29, 1.82) is 0 Å². The van der Waals surface area contributed by atoms with E-state index in [1.807, 2.05) is 30.3 Å². The number of nitrogens with one attached hydrogen (secondary N) is 1. The molecule has 0 spiro atoms. The van der Waals surface area contributed by atoms with E-state index in [1.165, 1.54) is 25.3 Å². The predicted molar refractivity (Wildman–Crippen MR) is 92.1 cm³/mol. The van der Waals surface area contributed by atoms with Crippen molar-refractivity contribution in [3.63, 3.8) is 0 Å². The van der Waals surface area contributed by atoms with Gasteiger partial charge in [0, 0.05) is 22.8 Å². The van der Waals surface area contributed by atoms with Gasteiger partial charge in [0.25, 0.3) is 5.91 Å². The summed E-state index contributed by atoms with van der Waals surface area (Å²) in [5.74, 6) is -1.46. The molecule has 0 saturated carbocycles. The van der Waals surface area contributed by atoms with Crippen molar-refractivity contribution < 1.29 is 19.1 Å². The number of hydrogen-bond acceptors (Lipinski definition) is 4. The van der Waals surface area contributed by atoms with Gasteiger partial charge in [-0.15, -0.1) is 0 Å². The SMILES string of the molecule is COC(C(=O)Nc1cc(Cl)cc(Cl)c1)C(=O)OCc1ccccc1. The molecule has 0 aromatic heterocycles. The van der Waals surface area contributed by atoms with Gasteiger partial charge in [0.05, 0.1) is 0 Å². The van der Waals surface area contributed by atoms with E-state index >= 15 is 0 Å². The molecule has 2 rings (SSSR count). The average molecular weight is 368 g/mol. The molecule has 0 aliphatic heterocycles. The molecule has 5 nitrogen and oxygen atoms in total. The van der Waals surface area contributed by atoms with Gasteiger partial charge in [-0.25, -0.2) is 4.79 Å². The third kappa shape index (κ3) is 5.23. The number of anilines is 1. The fourth-order valence-corrected chi connectivity index (χ4v) is 2.47. The highest BCUT2D eigenvalue weighted by atomic mass is 35.5. The molecule has 0 aliphatic rings. The van der Waals surface area contributed by atoms with Crippen LogP contribution in [0.4, 0.5) is 5.69 Å². The molecule has 7 heteroatoms. The van der Waals surface area contributed by atoms with Crippen molar-refractivity contribution in [2.24, 2.45) is 0 Å². The number of methoxy groups -OCH3 is 1. The summed E-state index contributed by atoms with van der Waals surface area (Å²) >= 11 is 11.7. The maximum Gasteiger partial charge on any atom is 0.345 e. The Morgan fingerprint density at radius 1 is 1.08 bits per heavy atom. The Hall–Kier alpha value is -2.08. The van der Waals surface area contributed by atoms with Crippen molar-refractivity contribution >= 4 is 40.8 Å². The first-order chi connectivity index (χ1) is 11.5. The van der Waals surface area contributed by atoms with Crippen LogP contribution in [0.2, 0.25) is 10.0 Å². The molecule has 0 radical (unpaired) electrons. The number of hydrogen-bond donors (Lipinski definition) is 1. The van der Waals surface area contributed by atoms with Crippen molar-refractivity contribution in [3.05, 3.63) is 64.1 Å². The lowest BCUT2D eigenvalue weighted by molar-refractivity contribution is -0.160. The van der Waals surface area contributed by atoms with E-state index in [4.69, 9.17) is 32.7 Å². The third-order valence-electron chi connectivity index (χ3n) is 3.04. The van der Waals surface area contributed by atoms with Crippen LogP contribution in [0.15, 0.2) is 48.5 Å². The van der Waals surface area contributed by atoms with Gasteiger partial charge in [-0.3, -0.25) is 4.79 Å². The van der Waals surface area contributed by atoms with E-state index < -0.39 is 18.0 Å². The Bertz CT molecular complexity index is 702. The van der Waals surface area contributed by atoms with E-state index in [1.54, 1.807) is 0 Å². The minimum absolute atomic E-state index is 0.0514. The maximum absolute atomic E-state index is 12.2. The molecule has 0 bridgehead atoms. The Kier molecular flexibility index (Phi) is 6.61. The van der Waals surface area contributed by atoms with Gasteiger partial charge in [-0.2, -0.15) is 0 Å². The summed E-state index contributed by atoms with van der Waals surface area (Å²) in [5, 5.41) is 3.24. The molecular weight excluding hydrogens is 353 g/mol. The maximum atomic E-state index is 12.2. The summed E-state index contributed by atoms with van der Waals surface area (Å²) in [6.07, 6.45) is -1.40. The molecule has 0 saturated heterocycles. The Labute approximate surface area is 149 Å². The van der Waals surface area contributed by atoms with Crippen LogP contribution in [-0.2, 0) is 25.7 Å². The first-order valence-corrected chi connectivity index (χ1v) is 7.75. The molecule has 1 atom stereocenters. The second-order valence-corrected chi connectivity index (χ2v) is 5.73. The van der Waals surface area contributed by atoms with Crippen LogP contribution in [-0.4, -0.2) is 25.1 Å². The monoisotopic (exact) mass is 367 g/mol. The van der Waals surface area contributed by atoms with E-state index in [-0.39, 0.29) is 6.61 Å². The van der Waals surface area contributed by atoms with Crippen LogP contribution >= 0.6 is 23.2 Å². The predicted octanol–water partition coefficient (Wildman–Crippen LogP) is 3.69. The number of benzene rings is 2. The Balaban J connectivity index is 1.98. The van der Waals surface area contributed by atoms with Gasteiger partial charge < -0.3 is 14.8 Å². The minimum Gasteiger partial charge on any atom is -0.458 e. The van der Waals surface area contributed by atoms with Gasteiger partial charge in [0.15, 0.2) is 0 Å². The molecule has 2 aromatic rings. The molecule has 0 aliphatic carbocycles. The average Bonchev–Trinajstić information content (AvgIpc) is 2.53. The largest absolute Gasteiger partial charge is 0.458 e. The molecule has 24 heavy (non-hydrogen) atoms. The van der Waals surface area contributed by atoms with Crippen LogP contribution in [0.5, 0.6) is 0 Å². The molecule has 0 heterocycles. The molecule has 126 valence electrons. The minimum atomic E-state index is -1.40. The van der Waals surface area contributed by atoms with Crippen LogP contribution in [0.1, 0.15) is 5.56 Å².